The average Bonchev–Trinajstić information content (AvgIpc) is 1.99. The summed E-state index contributed by atoms with van der Waals surface area (Å²) >= 11 is 0. The maximum atomic E-state index is 12.8. The van der Waals surface area contributed by atoms with Gasteiger partial charge in [0, 0.05) is 19.6 Å². The predicted molar refractivity (Wildman–Crippen MR) is 52.6 cm³/mol. The molecule has 1 aromatic rings. The van der Waals surface area contributed by atoms with Gasteiger partial charge in [-0.05, 0) is 24.6 Å². The van der Waals surface area contributed by atoms with Crippen LogP contribution in [0.4, 0.5) is 8.78 Å². The molecule has 1 N–H and O–H groups in total. The molecule has 84 valence electrons. The van der Waals surface area contributed by atoms with Crippen molar-refractivity contribution in [1.82, 2.24) is 0 Å². The van der Waals surface area contributed by atoms with E-state index in [2.05, 4.69) is 0 Å². The zero-order valence-electron chi connectivity index (χ0n) is 8.76. The van der Waals surface area contributed by atoms with E-state index in [0.717, 1.165) is 6.07 Å². The molecule has 1 rings (SSSR count). The van der Waals surface area contributed by atoms with Crippen LogP contribution in [0.25, 0.3) is 0 Å². The van der Waals surface area contributed by atoms with E-state index in [1.807, 2.05) is 0 Å². The summed E-state index contributed by atoms with van der Waals surface area (Å²) in [6, 6.07) is 3.20. The lowest BCUT2D eigenvalue weighted by molar-refractivity contribution is -0.0161. The molecule has 0 fully saturated rings. The van der Waals surface area contributed by atoms with E-state index in [1.54, 1.807) is 6.92 Å². The highest BCUT2D eigenvalue weighted by Crippen LogP contribution is 2.16. The van der Waals surface area contributed by atoms with E-state index in [1.165, 1.54) is 19.2 Å². The number of aliphatic hydroxyl groups is 1. The second-order valence-electron chi connectivity index (χ2n) is 3.88. The third-order valence-electron chi connectivity index (χ3n) is 1.96. The van der Waals surface area contributed by atoms with Gasteiger partial charge >= 0.3 is 0 Å². The summed E-state index contributed by atoms with van der Waals surface area (Å²) in [5.41, 5.74) is -0.704. The van der Waals surface area contributed by atoms with Crippen LogP contribution in [0.1, 0.15) is 12.5 Å². The number of methoxy groups -OCH3 is 1. The number of benzene rings is 1. The van der Waals surface area contributed by atoms with Crippen LogP contribution in [0.3, 0.4) is 0 Å². The Morgan fingerprint density at radius 2 is 1.80 bits per heavy atom. The Morgan fingerprint density at radius 3 is 2.27 bits per heavy atom. The molecule has 1 unspecified atom stereocenters. The first-order valence-corrected chi connectivity index (χ1v) is 4.59. The van der Waals surface area contributed by atoms with Gasteiger partial charge in [-0.15, -0.1) is 0 Å². The first kappa shape index (κ1) is 12.1. The quantitative estimate of drug-likeness (QED) is 0.833. The van der Waals surface area contributed by atoms with Crippen molar-refractivity contribution in [3.8, 4) is 0 Å². The van der Waals surface area contributed by atoms with Crippen molar-refractivity contribution in [2.24, 2.45) is 0 Å². The fourth-order valence-electron chi connectivity index (χ4n) is 1.51. The van der Waals surface area contributed by atoms with Gasteiger partial charge in [0.15, 0.2) is 0 Å². The zero-order valence-corrected chi connectivity index (χ0v) is 8.76. The molecule has 4 heteroatoms. The molecule has 0 radical (unpaired) electrons. The van der Waals surface area contributed by atoms with Gasteiger partial charge in [-0.2, -0.15) is 0 Å². The number of rotatable bonds is 4. The minimum atomic E-state index is -1.12. The number of halogens is 2. The molecule has 0 bridgehead atoms. The Morgan fingerprint density at radius 1 is 1.27 bits per heavy atom. The number of hydrogen-bond donors (Lipinski definition) is 1. The normalized spacial score (nSPS) is 15.0. The summed E-state index contributed by atoms with van der Waals surface area (Å²) in [7, 11) is 1.46. The van der Waals surface area contributed by atoms with Crippen LogP contribution in [-0.4, -0.2) is 24.4 Å². The van der Waals surface area contributed by atoms with Crippen molar-refractivity contribution in [3.05, 3.63) is 35.4 Å². The molecule has 2 nitrogen and oxygen atoms in total. The number of ether oxygens (including phenoxy) is 1. The molecule has 0 heterocycles. The summed E-state index contributed by atoms with van der Waals surface area (Å²) < 4.78 is 30.5. The van der Waals surface area contributed by atoms with E-state index in [9.17, 15) is 13.9 Å². The average molecular weight is 216 g/mol. The molecule has 0 spiro atoms. The molecular weight excluding hydrogens is 202 g/mol. The van der Waals surface area contributed by atoms with E-state index in [0.29, 0.717) is 5.56 Å². The molecule has 1 atom stereocenters. The Hall–Kier alpha value is -1.00. The van der Waals surface area contributed by atoms with Crippen LogP contribution < -0.4 is 0 Å². The van der Waals surface area contributed by atoms with E-state index in [4.69, 9.17) is 4.74 Å². The van der Waals surface area contributed by atoms with Gasteiger partial charge in [-0.25, -0.2) is 8.78 Å². The molecule has 0 saturated heterocycles. The van der Waals surface area contributed by atoms with Crippen molar-refractivity contribution in [2.45, 2.75) is 18.9 Å². The van der Waals surface area contributed by atoms with Crippen LogP contribution in [-0.2, 0) is 11.2 Å². The van der Waals surface area contributed by atoms with Gasteiger partial charge in [-0.3, -0.25) is 0 Å². The zero-order chi connectivity index (χ0) is 11.5. The highest BCUT2D eigenvalue weighted by molar-refractivity contribution is 5.19. The molecule has 0 aliphatic carbocycles. The molecule has 0 amide bonds. The van der Waals surface area contributed by atoms with Crippen LogP contribution in [0.2, 0.25) is 0 Å². The van der Waals surface area contributed by atoms with Gasteiger partial charge in [-0.1, -0.05) is 0 Å². The third kappa shape index (κ3) is 3.93. The summed E-state index contributed by atoms with van der Waals surface area (Å²) in [6.45, 7) is 1.67. The van der Waals surface area contributed by atoms with Gasteiger partial charge in [0.2, 0.25) is 0 Å². The predicted octanol–water partition coefficient (Wildman–Crippen LogP) is 1.90. The monoisotopic (exact) mass is 216 g/mol. The highest BCUT2D eigenvalue weighted by atomic mass is 19.1. The Bertz CT molecular complexity index is 317. The maximum Gasteiger partial charge on any atom is 0.126 e. The van der Waals surface area contributed by atoms with Crippen LogP contribution >= 0.6 is 0 Å². The van der Waals surface area contributed by atoms with Crippen molar-refractivity contribution < 1.29 is 18.6 Å². The summed E-state index contributed by atoms with van der Waals surface area (Å²) in [6.07, 6.45) is 0.148. The second kappa shape index (κ2) is 4.68. The smallest absolute Gasteiger partial charge is 0.126 e. The van der Waals surface area contributed by atoms with E-state index in [-0.39, 0.29) is 13.0 Å². The highest BCUT2D eigenvalue weighted by Gasteiger charge is 2.21. The van der Waals surface area contributed by atoms with Crippen molar-refractivity contribution >= 4 is 0 Å². The minimum absolute atomic E-state index is 0.116. The Labute approximate surface area is 87.5 Å². The fourth-order valence-corrected chi connectivity index (χ4v) is 1.51. The van der Waals surface area contributed by atoms with Gasteiger partial charge in [0.25, 0.3) is 0 Å². The Kier molecular flexibility index (Phi) is 3.77. The number of hydrogen-bond acceptors (Lipinski definition) is 2. The van der Waals surface area contributed by atoms with Gasteiger partial charge in [0.1, 0.15) is 11.6 Å². The second-order valence-corrected chi connectivity index (χ2v) is 3.88. The standard InChI is InChI=1S/C11H14F2O2/c1-11(14,7-15-2)6-8-3-9(12)5-10(13)4-8/h3-5,14H,6-7H2,1-2H3. The van der Waals surface area contributed by atoms with E-state index < -0.39 is 17.2 Å². The lowest BCUT2D eigenvalue weighted by atomic mass is 9.97. The fraction of sp³-hybridized carbons (Fsp3) is 0.455. The molecule has 0 saturated carbocycles. The Balaban J connectivity index is 2.80. The van der Waals surface area contributed by atoms with E-state index >= 15 is 0 Å². The molecule has 0 aliphatic rings. The van der Waals surface area contributed by atoms with Crippen LogP contribution in [0.5, 0.6) is 0 Å². The minimum Gasteiger partial charge on any atom is -0.387 e. The lowest BCUT2D eigenvalue weighted by Gasteiger charge is -2.22. The van der Waals surface area contributed by atoms with Crippen molar-refractivity contribution in [3.63, 3.8) is 0 Å². The summed E-state index contributed by atoms with van der Waals surface area (Å²) in [4.78, 5) is 0. The molecule has 1 aromatic carbocycles. The molecule has 0 aliphatic heterocycles. The third-order valence-corrected chi connectivity index (χ3v) is 1.96. The summed E-state index contributed by atoms with van der Waals surface area (Å²) in [5, 5.41) is 9.78. The topological polar surface area (TPSA) is 29.5 Å². The van der Waals surface area contributed by atoms with Crippen LogP contribution in [0.15, 0.2) is 18.2 Å². The molecule has 0 aromatic heterocycles. The van der Waals surface area contributed by atoms with Crippen LogP contribution in [0, 0.1) is 11.6 Å². The van der Waals surface area contributed by atoms with Crippen molar-refractivity contribution in [1.29, 1.82) is 0 Å². The SMILES string of the molecule is COCC(C)(O)Cc1cc(F)cc(F)c1. The largest absolute Gasteiger partial charge is 0.387 e. The van der Waals surface area contributed by atoms with Crippen molar-refractivity contribution in [2.75, 3.05) is 13.7 Å². The van der Waals surface area contributed by atoms with Gasteiger partial charge < -0.3 is 9.84 Å². The first-order chi connectivity index (χ1) is 6.93. The summed E-state index contributed by atoms with van der Waals surface area (Å²) in [5.74, 6) is -1.28. The van der Waals surface area contributed by atoms with Gasteiger partial charge in [0.05, 0.1) is 12.2 Å². The molecule has 15 heavy (non-hydrogen) atoms. The first-order valence-electron chi connectivity index (χ1n) is 4.59. The lowest BCUT2D eigenvalue weighted by Crippen LogP contribution is -2.32. The maximum absolute atomic E-state index is 12.8. The molecular formula is C11H14F2O2.